The van der Waals surface area contributed by atoms with Crippen molar-refractivity contribution in [2.75, 3.05) is 0 Å². The molecule has 0 bridgehead atoms. The quantitative estimate of drug-likeness (QED) is 0.0457. The Morgan fingerprint density at radius 2 is 0.776 bits per heavy atom. The van der Waals surface area contributed by atoms with E-state index >= 15 is 0 Å². The monoisotopic (exact) mass is 903 g/mol. The zero-order valence-electron chi connectivity index (χ0n) is 42.3. The molecule has 0 amide bonds. The van der Waals surface area contributed by atoms with Crippen LogP contribution in [-0.2, 0) is 28.4 Å². The molecule has 2 aliphatic carbocycles. The van der Waals surface area contributed by atoms with E-state index in [1.54, 1.807) is 0 Å². The van der Waals surface area contributed by atoms with Crippen molar-refractivity contribution in [2.45, 2.75) is 218 Å². The normalized spacial score (nSPS) is 19.0. The first kappa shape index (κ1) is 51.9. The van der Waals surface area contributed by atoms with E-state index in [4.69, 9.17) is 24.7 Å². The van der Waals surface area contributed by atoms with Crippen molar-refractivity contribution >= 4 is 0 Å². The van der Waals surface area contributed by atoms with Gasteiger partial charge in [-0.2, -0.15) is 0 Å². The summed E-state index contributed by atoms with van der Waals surface area (Å²) in [6, 6.07) is 21.6. The fourth-order valence-electron chi connectivity index (χ4n) is 10.2. The van der Waals surface area contributed by atoms with Gasteiger partial charge in [-0.1, -0.05) is 240 Å². The summed E-state index contributed by atoms with van der Waals surface area (Å²) in [5, 5.41) is 0. The third-order valence-corrected chi connectivity index (χ3v) is 14.6. The number of aryl methyl sites for hydroxylation is 2. The Bertz CT molecular complexity index is 1940. The third-order valence-electron chi connectivity index (χ3n) is 14.6. The van der Waals surface area contributed by atoms with E-state index < -0.39 is 0 Å². The van der Waals surface area contributed by atoms with Gasteiger partial charge < -0.3 is 4.74 Å². The van der Waals surface area contributed by atoms with Gasteiger partial charge in [-0.3, -0.25) is 0 Å². The van der Waals surface area contributed by atoms with Crippen molar-refractivity contribution in [1.29, 1.82) is 0 Å². The van der Waals surface area contributed by atoms with Gasteiger partial charge in [0.05, 0.1) is 10.8 Å². The first-order valence-corrected chi connectivity index (χ1v) is 27.2. The highest BCUT2D eigenvalue weighted by Gasteiger charge is 2.37. The molecule has 5 heteroatoms. The minimum atomic E-state index is -0.265. The minimum absolute atomic E-state index is 0.236. The molecular formula is C62H86N4O. The summed E-state index contributed by atoms with van der Waals surface area (Å²) >= 11 is 0. The first-order valence-electron chi connectivity index (χ1n) is 27.2. The van der Waals surface area contributed by atoms with Gasteiger partial charge in [0.15, 0.2) is 0 Å². The highest BCUT2D eigenvalue weighted by atomic mass is 16.5. The molecule has 0 radical (unpaired) electrons. The van der Waals surface area contributed by atoms with E-state index in [-0.39, 0.29) is 23.0 Å². The lowest BCUT2D eigenvalue weighted by molar-refractivity contribution is 0.0290. The Morgan fingerprint density at radius 1 is 0.433 bits per heavy atom. The zero-order chi connectivity index (χ0) is 46.8. The summed E-state index contributed by atoms with van der Waals surface area (Å²) in [6.07, 6.45) is 53.7. The fraction of sp³-hybridized carbons (Fsp3) is 0.548. The summed E-state index contributed by atoms with van der Waals surface area (Å²) in [7, 11) is 0. The molecule has 4 unspecified atom stereocenters. The molecule has 0 spiro atoms. The van der Waals surface area contributed by atoms with Gasteiger partial charge in [-0.15, -0.1) is 0 Å². The topological polar surface area (TPSA) is 60.8 Å². The van der Waals surface area contributed by atoms with Gasteiger partial charge in [-0.05, 0) is 84.8 Å². The van der Waals surface area contributed by atoms with Crippen molar-refractivity contribution in [1.82, 2.24) is 19.9 Å². The molecule has 4 atom stereocenters. The highest BCUT2D eigenvalue weighted by Crippen LogP contribution is 2.45. The number of allylic oxidation sites excluding steroid dienone is 4. The van der Waals surface area contributed by atoms with Gasteiger partial charge in [0.25, 0.3) is 0 Å². The van der Waals surface area contributed by atoms with Crippen molar-refractivity contribution in [3.05, 3.63) is 167 Å². The van der Waals surface area contributed by atoms with Gasteiger partial charge >= 0.3 is 0 Å². The van der Waals surface area contributed by atoms with Crippen LogP contribution in [0.2, 0.25) is 0 Å². The molecule has 5 nitrogen and oxygen atoms in total. The maximum absolute atomic E-state index is 7.52. The minimum Gasteiger partial charge on any atom is -0.356 e. The second-order valence-corrected chi connectivity index (χ2v) is 20.0. The first-order chi connectivity index (χ1) is 33.0. The van der Waals surface area contributed by atoms with E-state index in [0.717, 1.165) is 74.1 Å². The maximum atomic E-state index is 7.52. The van der Waals surface area contributed by atoms with Crippen LogP contribution in [-0.4, -0.2) is 19.9 Å². The van der Waals surface area contributed by atoms with Crippen LogP contribution in [0, 0.1) is 0 Å². The Hall–Kier alpha value is -4.48. The lowest BCUT2D eigenvalue weighted by Crippen LogP contribution is -2.29. The molecule has 2 aromatic heterocycles. The molecular weight excluding hydrogens is 817 g/mol. The Labute approximate surface area is 407 Å². The van der Waals surface area contributed by atoms with Crippen molar-refractivity contribution in [3.8, 4) is 0 Å². The summed E-state index contributed by atoms with van der Waals surface area (Å²) in [4.78, 5) is 20.4. The molecule has 2 aliphatic rings. The number of unbranched alkanes of at least 4 members (excludes halogenated alkanes) is 16. The van der Waals surface area contributed by atoms with Crippen molar-refractivity contribution < 1.29 is 4.74 Å². The number of nitrogens with zero attached hydrogens (tertiary/aromatic N) is 4. The van der Waals surface area contributed by atoms with Gasteiger partial charge in [-0.25, -0.2) is 19.9 Å². The van der Waals surface area contributed by atoms with Crippen LogP contribution >= 0.6 is 0 Å². The number of benzene rings is 2. The standard InChI is InChI=1S/C62H86N4O/c1-5-9-13-15-17-19-23-31-51-47-63-59(64-48-51)61(41-29-11-7-3)43-37-55(38-44-61)57(53-33-25-21-26-34-53)67-58(54-35-27-22-28-36-54)56-39-45-62(46-40-56,42-30-12-8-4)60-65-49-52(50-66-60)32-24-20-18-16-14-10-6-2/h21-22,25-28,33-40,43,45,47-50,57-58H,5-20,23-24,29-32,41-42,44,46H2,1-4H3. The molecule has 2 aromatic carbocycles. The van der Waals surface area contributed by atoms with E-state index in [1.165, 1.54) is 138 Å². The Balaban J connectivity index is 1.21. The van der Waals surface area contributed by atoms with Crippen LogP contribution in [0.25, 0.3) is 0 Å². The SMILES string of the molecule is CCCCCCCCCc1cnc(C2(CCCCC)C=CC(C(OC(C3=CCC(CCCCC)(c4ncc(CCCCCCCCC)cn4)C=C3)c3ccccc3)c3ccccc3)=CC2)nc1. The van der Waals surface area contributed by atoms with E-state index in [0.29, 0.717) is 0 Å². The number of rotatable bonds is 32. The molecule has 0 N–H and O–H groups in total. The van der Waals surface area contributed by atoms with Crippen LogP contribution in [0.3, 0.4) is 0 Å². The fourth-order valence-corrected chi connectivity index (χ4v) is 10.2. The van der Waals surface area contributed by atoms with Crippen LogP contribution in [0.5, 0.6) is 0 Å². The molecule has 67 heavy (non-hydrogen) atoms. The molecule has 6 rings (SSSR count). The van der Waals surface area contributed by atoms with Gasteiger partial charge in [0.2, 0.25) is 0 Å². The Morgan fingerprint density at radius 3 is 1.12 bits per heavy atom. The maximum Gasteiger partial charge on any atom is 0.138 e. The van der Waals surface area contributed by atoms with Crippen LogP contribution in [0.1, 0.15) is 228 Å². The predicted octanol–water partition coefficient (Wildman–Crippen LogP) is 17.5. The lowest BCUT2D eigenvalue weighted by atomic mass is 9.74. The smallest absolute Gasteiger partial charge is 0.138 e. The molecule has 0 fully saturated rings. The molecule has 0 saturated carbocycles. The Kier molecular flexibility index (Phi) is 22.3. The van der Waals surface area contributed by atoms with E-state index in [9.17, 15) is 0 Å². The third kappa shape index (κ3) is 15.8. The summed E-state index contributed by atoms with van der Waals surface area (Å²) in [5.41, 5.74) is 6.73. The van der Waals surface area contributed by atoms with E-state index in [2.05, 4.69) is 150 Å². The largest absolute Gasteiger partial charge is 0.356 e. The molecule has 0 aliphatic heterocycles. The molecule has 0 saturated heterocycles. The van der Waals surface area contributed by atoms with Crippen molar-refractivity contribution in [3.63, 3.8) is 0 Å². The summed E-state index contributed by atoms with van der Waals surface area (Å²) in [6.45, 7) is 9.14. The van der Waals surface area contributed by atoms with Crippen LogP contribution in [0.15, 0.2) is 133 Å². The van der Waals surface area contributed by atoms with Gasteiger partial charge in [0, 0.05) is 24.8 Å². The van der Waals surface area contributed by atoms with Crippen LogP contribution < -0.4 is 0 Å². The van der Waals surface area contributed by atoms with E-state index in [1.807, 2.05) is 0 Å². The number of aromatic nitrogens is 4. The lowest BCUT2D eigenvalue weighted by Gasteiger charge is -2.35. The molecule has 360 valence electrons. The number of hydrogen-bond donors (Lipinski definition) is 0. The molecule has 2 heterocycles. The second kappa shape index (κ2) is 28.8. The average molecular weight is 903 g/mol. The summed E-state index contributed by atoms with van der Waals surface area (Å²) in [5.74, 6) is 1.90. The predicted molar refractivity (Wildman–Crippen MR) is 282 cm³/mol. The van der Waals surface area contributed by atoms with Gasteiger partial charge in [0.1, 0.15) is 23.9 Å². The number of hydrogen-bond acceptors (Lipinski definition) is 5. The average Bonchev–Trinajstić information content (AvgIpc) is 3.38. The van der Waals surface area contributed by atoms with Crippen LogP contribution in [0.4, 0.5) is 0 Å². The highest BCUT2D eigenvalue weighted by molar-refractivity contribution is 5.43. The number of ether oxygens (including phenoxy) is 1. The molecule has 4 aromatic rings. The second-order valence-electron chi connectivity index (χ2n) is 20.0. The zero-order valence-corrected chi connectivity index (χ0v) is 42.3. The van der Waals surface area contributed by atoms with Crippen molar-refractivity contribution in [2.24, 2.45) is 0 Å². The summed E-state index contributed by atoms with van der Waals surface area (Å²) < 4.78 is 7.52.